The van der Waals surface area contributed by atoms with Gasteiger partial charge < -0.3 is 19.3 Å². The Labute approximate surface area is 257 Å². The molecule has 0 spiro atoms. The van der Waals surface area contributed by atoms with E-state index in [9.17, 15) is 29.3 Å². The number of anilines is 1. The molecule has 45 heavy (non-hydrogen) atoms. The molecular weight excluding hydrogens is 586 g/mol. The van der Waals surface area contributed by atoms with E-state index in [1.165, 1.54) is 23.7 Å². The van der Waals surface area contributed by atoms with E-state index in [4.69, 9.17) is 9.84 Å². The molecule has 0 unspecified atom stereocenters. The average molecular weight is 622 g/mol. The molecule has 2 aromatic heterocycles. The van der Waals surface area contributed by atoms with Gasteiger partial charge in [-0.25, -0.2) is 9.78 Å². The molecule has 3 heterocycles. The van der Waals surface area contributed by atoms with Crippen LogP contribution in [0.1, 0.15) is 12.8 Å². The minimum Gasteiger partial charge on any atom is -0.486 e. The Morgan fingerprint density at radius 1 is 0.933 bits per heavy atom. The monoisotopic (exact) mass is 621 g/mol. The van der Waals surface area contributed by atoms with Crippen molar-refractivity contribution >= 4 is 34.3 Å². The number of ketones is 1. The standard InChI is InChI=1S/C19H23N7O4.C11H12O4/c1-21-17-16(18(27)22(2)19(21)28)25(13-20-17)12-9-23-7-10-24(11-8-23)14-3-5-15(6-4-14)26(29)30;12-9(6-7-11(13)14)8-15-10-4-2-1-3-5-10/h3-6,13H,7-12H2,1-2H3;1-5H,6-8H2,(H,13,14). The third-order valence-electron chi connectivity index (χ3n) is 7.43. The van der Waals surface area contributed by atoms with E-state index in [-0.39, 0.29) is 42.2 Å². The Kier molecular flexibility index (Phi) is 10.8. The highest BCUT2D eigenvalue weighted by atomic mass is 16.6. The van der Waals surface area contributed by atoms with Crippen molar-refractivity contribution < 1.29 is 24.4 Å². The molecule has 0 bridgehead atoms. The molecule has 5 rings (SSSR count). The van der Waals surface area contributed by atoms with Crippen molar-refractivity contribution in [3.05, 3.63) is 91.9 Å². The van der Waals surface area contributed by atoms with Crippen molar-refractivity contribution in [1.82, 2.24) is 23.6 Å². The number of nitrogens with zero attached hydrogens (tertiary/aromatic N) is 7. The van der Waals surface area contributed by atoms with Crippen LogP contribution in [0, 0.1) is 10.1 Å². The molecule has 1 aliphatic rings. The van der Waals surface area contributed by atoms with Crippen LogP contribution < -0.4 is 20.9 Å². The number of rotatable bonds is 11. The van der Waals surface area contributed by atoms with Crippen LogP contribution in [0.25, 0.3) is 11.2 Å². The molecule has 1 N–H and O–H groups in total. The second-order valence-corrected chi connectivity index (χ2v) is 10.5. The van der Waals surface area contributed by atoms with Crippen LogP contribution in [-0.2, 0) is 30.2 Å². The van der Waals surface area contributed by atoms with Gasteiger partial charge in [0.05, 0.1) is 17.7 Å². The molecule has 238 valence electrons. The maximum atomic E-state index is 12.5. The summed E-state index contributed by atoms with van der Waals surface area (Å²) in [6, 6.07) is 15.6. The number of carboxylic acid groups (broad SMARTS) is 1. The average Bonchev–Trinajstić information content (AvgIpc) is 3.49. The van der Waals surface area contributed by atoms with Gasteiger partial charge in [0, 0.05) is 77.6 Å². The smallest absolute Gasteiger partial charge is 0.332 e. The lowest BCUT2D eigenvalue weighted by molar-refractivity contribution is -0.384. The summed E-state index contributed by atoms with van der Waals surface area (Å²) in [5, 5.41) is 19.2. The number of benzene rings is 2. The molecule has 0 aliphatic carbocycles. The number of carboxylic acids is 1. The number of carbonyl (C=O) groups is 2. The SMILES string of the molecule is Cn1c(=O)c2c(ncn2CCN2CCN(c3ccc([N+](=O)[O-])cc3)CC2)n(C)c1=O.O=C(O)CCC(=O)COc1ccccc1. The zero-order valence-corrected chi connectivity index (χ0v) is 25.1. The van der Waals surface area contributed by atoms with Gasteiger partial charge in [-0.3, -0.25) is 38.5 Å². The normalized spacial score (nSPS) is 13.2. The number of carbonyl (C=O) groups excluding carboxylic acids is 1. The van der Waals surface area contributed by atoms with Gasteiger partial charge in [-0.15, -0.1) is 0 Å². The van der Waals surface area contributed by atoms with Crippen molar-refractivity contribution in [2.45, 2.75) is 19.4 Å². The molecule has 2 aromatic carbocycles. The number of nitro benzene ring substituents is 1. The number of Topliss-reactive ketones (excluding diaryl/α,β-unsaturated/α-hetero) is 1. The summed E-state index contributed by atoms with van der Waals surface area (Å²) in [4.78, 5) is 65.1. The van der Waals surface area contributed by atoms with E-state index < -0.39 is 10.9 Å². The molecule has 0 saturated carbocycles. The van der Waals surface area contributed by atoms with Crippen LogP contribution >= 0.6 is 0 Å². The first-order valence-corrected chi connectivity index (χ1v) is 14.3. The summed E-state index contributed by atoms with van der Waals surface area (Å²) in [6.45, 7) is 4.61. The van der Waals surface area contributed by atoms with Crippen molar-refractivity contribution in [3.8, 4) is 5.75 Å². The Balaban J connectivity index is 0.000000259. The van der Waals surface area contributed by atoms with Crippen LogP contribution in [0.4, 0.5) is 11.4 Å². The second-order valence-electron chi connectivity index (χ2n) is 10.5. The van der Waals surface area contributed by atoms with Gasteiger partial charge in [0.1, 0.15) is 12.4 Å². The van der Waals surface area contributed by atoms with Gasteiger partial charge in [0.15, 0.2) is 16.9 Å². The molecule has 1 aliphatic heterocycles. The van der Waals surface area contributed by atoms with Gasteiger partial charge in [-0.2, -0.15) is 0 Å². The zero-order chi connectivity index (χ0) is 32.5. The molecule has 0 atom stereocenters. The highest BCUT2D eigenvalue weighted by Crippen LogP contribution is 2.20. The van der Waals surface area contributed by atoms with Gasteiger partial charge in [0.25, 0.3) is 11.2 Å². The van der Waals surface area contributed by atoms with Crippen LogP contribution in [0.15, 0.2) is 70.5 Å². The Morgan fingerprint density at radius 3 is 2.22 bits per heavy atom. The highest BCUT2D eigenvalue weighted by molar-refractivity contribution is 5.83. The van der Waals surface area contributed by atoms with E-state index in [2.05, 4.69) is 14.8 Å². The summed E-state index contributed by atoms with van der Waals surface area (Å²) >= 11 is 0. The number of aliphatic carboxylic acids is 1. The lowest BCUT2D eigenvalue weighted by atomic mass is 10.2. The number of para-hydroxylation sites is 1. The van der Waals surface area contributed by atoms with Crippen molar-refractivity contribution in [3.63, 3.8) is 0 Å². The van der Waals surface area contributed by atoms with E-state index in [0.717, 1.165) is 43.0 Å². The topological polar surface area (TPSA) is 175 Å². The number of aromatic nitrogens is 4. The first-order chi connectivity index (χ1) is 21.5. The predicted octanol–water partition coefficient (Wildman–Crippen LogP) is 1.66. The predicted molar refractivity (Wildman–Crippen MR) is 166 cm³/mol. The Hall–Kier alpha value is -5.31. The fourth-order valence-electron chi connectivity index (χ4n) is 4.83. The summed E-state index contributed by atoms with van der Waals surface area (Å²) in [5.74, 6) is -0.564. The fraction of sp³-hybridized carbons (Fsp3) is 0.367. The Morgan fingerprint density at radius 2 is 1.60 bits per heavy atom. The minimum atomic E-state index is -0.969. The summed E-state index contributed by atoms with van der Waals surface area (Å²) < 4.78 is 9.45. The Bertz CT molecular complexity index is 1760. The van der Waals surface area contributed by atoms with Crippen molar-refractivity contribution in [2.24, 2.45) is 14.1 Å². The first-order valence-electron chi connectivity index (χ1n) is 14.3. The maximum Gasteiger partial charge on any atom is 0.332 e. The van der Waals surface area contributed by atoms with Crippen LogP contribution in [-0.4, -0.2) is 84.7 Å². The third kappa shape index (κ3) is 8.41. The molecule has 15 heteroatoms. The molecule has 4 aromatic rings. The van der Waals surface area contributed by atoms with E-state index in [1.807, 2.05) is 6.07 Å². The molecule has 1 fully saturated rings. The number of fused-ring (bicyclic) bond motifs is 1. The lowest BCUT2D eigenvalue weighted by Gasteiger charge is -2.36. The zero-order valence-electron chi connectivity index (χ0n) is 25.1. The quantitative estimate of drug-likeness (QED) is 0.190. The third-order valence-corrected chi connectivity index (χ3v) is 7.43. The number of piperazine rings is 1. The molecule has 1 saturated heterocycles. The molecule has 0 amide bonds. The molecule has 15 nitrogen and oxygen atoms in total. The number of aryl methyl sites for hydroxylation is 1. The number of hydrogen-bond donors (Lipinski definition) is 1. The van der Waals surface area contributed by atoms with Gasteiger partial charge in [-0.1, -0.05) is 18.2 Å². The maximum absolute atomic E-state index is 12.5. The van der Waals surface area contributed by atoms with E-state index in [1.54, 1.807) is 54.3 Å². The van der Waals surface area contributed by atoms with Gasteiger partial charge in [0.2, 0.25) is 0 Å². The van der Waals surface area contributed by atoms with Crippen molar-refractivity contribution in [2.75, 3.05) is 44.2 Å². The summed E-state index contributed by atoms with van der Waals surface area (Å²) in [6.07, 6.45) is 1.48. The van der Waals surface area contributed by atoms with Crippen LogP contribution in [0.2, 0.25) is 0 Å². The van der Waals surface area contributed by atoms with Gasteiger partial charge >= 0.3 is 11.7 Å². The number of nitro groups is 1. The number of non-ortho nitro benzene ring substituents is 1. The van der Waals surface area contributed by atoms with E-state index >= 15 is 0 Å². The summed E-state index contributed by atoms with van der Waals surface area (Å²) in [7, 11) is 3.08. The van der Waals surface area contributed by atoms with Crippen molar-refractivity contribution in [1.29, 1.82) is 0 Å². The molecular formula is C30H35N7O8. The van der Waals surface area contributed by atoms with Crippen LogP contribution in [0.5, 0.6) is 5.75 Å². The first kappa shape index (κ1) is 32.6. The fourth-order valence-corrected chi connectivity index (χ4v) is 4.83. The van der Waals surface area contributed by atoms with Crippen LogP contribution in [0.3, 0.4) is 0 Å². The number of hydrogen-bond acceptors (Lipinski definition) is 10. The highest BCUT2D eigenvalue weighted by Gasteiger charge is 2.19. The summed E-state index contributed by atoms with van der Waals surface area (Å²) in [5.41, 5.74) is 1.17. The van der Waals surface area contributed by atoms with Gasteiger partial charge in [-0.05, 0) is 24.3 Å². The largest absolute Gasteiger partial charge is 0.486 e. The van der Waals surface area contributed by atoms with E-state index in [0.29, 0.717) is 23.5 Å². The molecule has 0 radical (unpaired) electrons. The number of ether oxygens (including phenoxy) is 1. The number of imidazole rings is 1. The second kappa shape index (κ2) is 14.9. The lowest BCUT2D eigenvalue weighted by Crippen LogP contribution is -2.47. The minimum absolute atomic E-state index is 0.0160.